The minimum absolute atomic E-state index is 0.120. The number of aromatic amines is 1. The summed E-state index contributed by atoms with van der Waals surface area (Å²) in [5.41, 5.74) is 2.54. The van der Waals surface area contributed by atoms with E-state index in [-0.39, 0.29) is 27.4 Å². The zero-order chi connectivity index (χ0) is 27.4. The van der Waals surface area contributed by atoms with Gasteiger partial charge in [-0.1, -0.05) is 79.5 Å². The van der Waals surface area contributed by atoms with Gasteiger partial charge >= 0.3 is 5.69 Å². The summed E-state index contributed by atoms with van der Waals surface area (Å²) in [6.45, 7) is 6.34. The number of allylic oxidation sites excluding steroid dienone is 2. The SMILES string of the molecule is CC/C=C(\c1cc(Oc2c(Cl)cc(-n3nc(C#N)c(=O)[nH]c3=O)cc2Cl)ccc1C)C(C)c1ccccc1. The molecule has 1 aromatic heterocycles. The lowest BCUT2D eigenvalue weighted by atomic mass is 9.85. The van der Waals surface area contributed by atoms with Crippen LogP contribution in [-0.4, -0.2) is 14.8 Å². The van der Waals surface area contributed by atoms with Gasteiger partial charge in [0.15, 0.2) is 5.75 Å². The molecule has 38 heavy (non-hydrogen) atoms. The predicted molar refractivity (Wildman–Crippen MR) is 150 cm³/mol. The lowest BCUT2D eigenvalue weighted by Crippen LogP contribution is -2.33. The molecule has 0 radical (unpaired) electrons. The minimum atomic E-state index is -0.876. The molecule has 192 valence electrons. The van der Waals surface area contributed by atoms with E-state index in [2.05, 4.69) is 44.1 Å². The van der Waals surface area contributed by atoms with E-state index < -0.39 is 16.9 Å². The maximum Gasteiger partial charge on any atom is 0.349 e. The zero-order valence-corrected chi connectivity index (χ0v) is 22.5. The summed E-state index contributed by atoms with van der Waals surface area (Å²) in [6.07, 6.45) is 3.10. The largest absolute Gasteiger partial charge is 0.454 e. The minimum Gasteiger partial charge on any atom is -0.454 e. The van der Waals surface area contributed by atoms with E-state index in [1.807, 2.05) is 41.4 Å². The van der Waals surface area contributed by atoms with Crippen LogP contribution in [0, 0.1) is 18.3 Å². The molecule has 0 aliphatic heterocycles. The molecular formula is C29H24Cl2N4O3. The third-order valence-electron chi connectivity index (χ3n) is 6.09. The smallest absolute Gasteiger partial charge is 0.349 e. The Morgan fingerprint density at radius 1 is 1.13 bits per heavy atom. The monoisotopic (exact) mass is 546 g/mol. The summed E-state index contributed by atoms with van der Waals surface area (Å²) in [6, 6.07) is 20.6. The fourth-order valence-electron chi connectivity index (χ4n) is 4.17. The molecule has 0 aliphatic rings. The highest BCUT2D eigenvalue weighted by Gasteiger charge is 2.18. The lowest BCUT2D eigenvalue weighted by Gasteiger charge is -2.20. The summed E-state index contributed by atoms with van der Waals surface area (Å²) in [5, 5.41) is 13.1. The normalized spacial score (nSPS) is 12.2. The molecule has 4 aromatic rings. The molecule has 1 atom stereocenters. The van der Waals surface area contributed by atoms with Crippen LogP contribution in [0.1, 0.15) is 48.6 Å². The average Bonchev–Trinajstić information content (AvgIpc) is 2.90. The highest BCUT2D eigenvalue weighted by atomic mass is 35.5. The standard InChI is InChI=1S/C29H24Cl2N4O3/c1-4-8-22(18(3)19-9-6-5-7-10-19)23-15-21(12-11-17(23)2)38-27-24(30)13-20(14-25(27)31)35-29(37)33-28(36)26(16-32)34-35/h5-15,18H,4H2,1-3H3,(H,33,36,37)/b22-8-. The number of benzene rings is 3. The topological polar surface area (TPSA) is 101 Å². The van der Waals surface area contributed by atoms with Crippen molar-refractivity contribution in [2.45, 2.75) is 33.1 Å². The Labute approximate surface area is 229 Å². The molecule has 1 heterocycles. The lowest BCUT2D eigenvalue weighted by molar-refractivity contribution is 0.482. The van der Waals surface area contributed by atoms with E-state index in [4.69, 9.17) is 33.2 Å². The Kier molecular flexibility index (Phi) is 8.16. The van der Waals surface area contributed by atoms with E-state index in [9.17, 15) is 9.59 Å². The van der Waals surface area contributed by atoms with E-state index in [1.165, 1.54) is 23.3 Å². The first kappa shape index (κ1) is 26.9. The number of ether oxygens (including phenoxy) is 1. The van der Waals surface area contributed by atoms with Gasteiger partial charge in [0, 0.05) is 5.92 Å². The molecule has 4 rings (SSSR count). The fourth-order valence-corrected chi connectivity index (χ4v) is 4.72. The Morgan fingerprint density at radius 3 is 2.45 bits per heavy atom. The van der Waals surface area contributed by atoms with Gasteiger partial charge in [-0.3, -0.25) is 9.78 Å². The summed E-state index contributed by atoms with van der Waals surface area (Å²) in [7, 11) is 0. The number of aromatic nitrogens is 3. The molecule has 0 aliphatic carbocycles. The number of nitrogens with zero attached hydrogens (tertiary/aromatic N) is 3. The van der Waals surface area contributed by atoms with Crippen molar-refractivity contribution in [1.29, 1.82) is 5.26 Å². The van der Waals surface area contributed by atoms with E-state index in [1.54, 1.807) is 6.07 Å². The molecule has 0 spiro atoms. The predicted octanol–water partition coefficient (Wildman–Crippen LogP) is 6.80. The average molecular weight is 547 g/mol. The Balaban J connectivity index is 1.71. The molecular weight excluding hydrogens is 523 g/mol. The van der Waals surface area contributed by atoms with Gasteiger partial charge in [-0.25, -0.2) is 4.79 Å². The van der Waals surface area contributed by atoms with Crippen molar-refractivity contribution in [2.75, 3.05) is 0 Å². The number of hydrogen-bond acceptors (Lipinski definition) is 5. The Hall–Kier alpha value is -4.12. The highest BCUT2D eigenvalue weighted by Crippen LogP contribution is 2.40. The second kappa shape index (κ2) is 11.5. The molecule has 1 unspecified atom stereocenters. The van der Waals surface area contributed by atoms with Crippen LogP contribution < -0.4 is 16.0 Å². The first-order valence-electron chi connectivity index (χ1n) is 11.9. The van der Waals surface area contributed by atoms with Crippen LogP contribution >= 0.6 is 23.2 Å². The number of nitriles is 1. The molecule has 9 heteroatoms. The molecule has 1 N–H and O–H groups in total. The second-order valence-corrected chi connectivity index (χ2v) is 9.46. The number of hydrogen-bond donors (Lipinski definition) is 1. The van der Waals surface area contributed by atoms with E-state index in [0.717, 1.165) is 22.2 Å². The van der Waals surface area contributed by atoms with Gasteiger partial charge in [-0.05, 0) is 59.9 Å². The van der Waals surface area contributed by atoms with Crippen LogP contribution in [0.3, 0.4) is 0 Å². The molecule has 0 saturated carbocycles. The van der Waals surface area contributed by atoms with Crippen molar-refractivity contribution in [3.05, 3.63) is 120 Å². The molecule has 0 fully saturated rings. The Morgan fingerprint density at radius 2 is 1.82 bits per heavy atom. The van der Waals surface area contributed by atoms with E-state index in [0.29, 0.717) is 5.75 Å². The molecule has 0 amide bonds. The maximum atomic E-state index is 12.3. The third-order valence-corrected chi connectivity index (χ3v) is 6.65. The number of aryl methyl sites for hydroxylation is 1. The summed E-state index contributed by atoms with van der Waals surface area (Å²) >= 11 is 13.0. The summed E-state index contributed by atoms with van der Waals surface area (Å²) in [4.78, 5) is 26.0. The van der Waals surface area contributed by atoms with Gasteiger partial charge in [0.05, 0.1) is 15.7 Å². The highest BCUT2D eigenvalue weighted by molar-refractivity contribution is 6.37. The van der Waals surface area contributed by atoms with Gasteiger partial charge < -0.3 is 4.74 Å². The van der Waals surface area contributed by atoms with Crippen LogP contribution in [0.5, 0.6) is 11.5 Å². The van der Waals surface area contributed by atoms with Crippen molar-refractivity contribution in [1.82, 2.24) is 14.8 Å². The van der Waals surface area contributed by atoms with Crippen molar-refractivity contribution in [2.24, 2.45) is 0 Å². The summed E-state index contributed by atoms with van der Waals surface area (Å²) < 4.78 is 6.97. The molecule has 7 nitrogen and oxygen atoms in total. The maximum absolute atomic E-state index is 12.3. The van der Waals surface area contributed by atoms with Gasteiger partial charge in [0.2, 0.25) is 5.69 Å². The fraction of sp³-hybridized carbons (Fsp3) is 0.172. The number of nitrogens with one attached hydrogen (secondary N) is 1. The second-order valence-electron chi connectivity index (χ2n) is 8.65. The van der Waals surface area contributed by atoms with Crippen LogP contribution in [0.25, 0.3) is 11.3 Å². The summed E-state index contributed by atoms with van der Waals surface area (Å²) in [5.74, 6) is 0.899. The van der Waals surface area contributed by atoms with E-state index >= 15 is 0 Å². The third kappa shape index (κ3) is 5.57. The number of rotatable bonds is 7. The van der Waals surface area contributed by atoms with Gasteiger partial charge in [0.25, 0.3) is 5.56 Å². The number of H-pyrrole nitrogens is 1. The quantitative estimate of drug-likeness (QED) is 0.274. The van der Waals surface area contributed by atoms with Crippen molar-refractivity contribution < 1.29 is 4.74 Å². The van der Waals surface area contributed by atoms with Crippen LogP contribution in [0.2, 0.25) is 10.0 Å². The first-order chi connectivity index (χ1) is 18.2. The van der Waals surface area contributed by atoms with Crippen molar-refractivity contribution in [3.8, 4) is 23.3 Å². The zero-order valence-electron chi connectivity index (χ0n) is 21.0. The van der Waals surface area contributed by atoms with Crippen molar-refractivity contribution in [3.63, 3.8) is 0 Å². The molecule has 3 aromatic carbocycles. The number of halogens is 2. The van der Waals surface area contributed by atoms with Crippen molar-refractivity contribution >= 4 is 28.8 Å². The van der Waals surface area contributed by atoms with Crippen LogP contribution in [0.15, 0.2) is 76.3 Å². The van der Waals surface area contributed by atoms with Gasteiger partial charge in [-0.15, -0.1) is 5.10 Å². The molecule has 0 bridgehead atoms. The Bertz CT molecular complexity index is 1660. The van der Waals surface area contributed by atoms with Gasteiger partial charge in [-0.2, -0.15) is 9.94 Å². The van der Waals surface area contributed by atoms with Crippen LogP contribution in [0.4, 0.5) is 0 Å². The first-order valence-corrected chi connectivity index (χ1v) is 12.7. The van der Waals surface area contributed by atoms with Gasteiger partial charge in [0.1, 0.15) is 11.8 Å². The molecule has 0 saturated heterocycles. The van der Waals surface area contributed by atoms with Crippen LogP contribution in [-0.2, 0) is 0 Å².